The van der Waals surface area contributed by atoms with Crippen molar-refractivity contribution in [1.29, 1.82) is 0 Å². The molecule has 0 bridgehead atoms. The first-order valence-corrected chi connectivity index (χ1v) is 4.18. The molecule has 0 saturated carbocycles. The van der Waals surface area contributed by atoms with Crippen LogP contribution in [-0.4, -0.2) is 22.9 Å². The highest BCUT2D eigenvalue weighted by Crippen LogP contribution is 2.18. The molecule has 1 aromatic rings. The number of alkyl halides is 3. The van der Waals surface area contributed by atoms with E-state index in [9.17, 15) is 13.2 Å². The van der Waals surface area contributed by atoms with Crippen LogP contribution in [0.1, 0.15) is 11.3 Å². The standard InChI is InChI=1S/C9H10F3NO2/c1-6-2-7(4-14)3-8(13-6)15-5-9(10,11)12/h2-3,14H,4-5H2,1H3. The summed E-state index contributed by atoms with van der Waals surface area (Å²) in [4.78, 5) is 3.75. The molecule has 0 aliphatic rings. The third-order valence-electron chi connectivity index (χ3n) is 1.56. The smallest absolute Gasteiger partial charge is 0.422 e. The molecule has 15 heavy (non-hydrogen) atoms. The Labute approximate surface area is 84.5 Å². The fraction of sp³-hybridized carbons (Fsp3) is 0.444. The van der Waals surface area contributed by atoms with Crippen molar-refractivity contribution in [2.75, 3.05) is 6.61 Å². The lowest BCUT2D eigenvalue weighted by Crippen LogP contribution is -2.19. The van der Waals surface area contributed by atoms with Gasteiger partial charge in [0, 0.05) is 11.8 Å². The lowest BCUT2D eigenvalue weighted by atomic mass is 10.2. The molecule has 84 valence electrons. The van der Waals surface area contributed by atoms with Crippen LogP contribution in [0.25, 0.3) is 0 Å². The summed E-state index contributed by atoms with van der Waals surface area (Å²) in [5.74, 6) is -0.128. The van der Waals surface area contributed by atoms with E-state index in [0.717, 1.165) is 0 Å². The quantitative estimate of drug-likeness (QED) is 0.846. The summed E-state index contributed by atoms with van der Waals surface area (Å²) in [5, 5.41) is 8.81. The Kier molecular flexibility index (Phi) is 3.52. The van der Waals surface area contributed by atoms with E-state index >= 15 is 0 Å². The SMILES string of the molecule is Cc1cc(CO)cc(OCC(F)(F)F)n1. The van der Waals surface area contributed by atoms with E-state index in [4.69, 9.17) is 5.11 Å². The first-order valence-electron chi connectivity index (χ1n) is 4.18. The maximum absolute atomic E-state index is 11.8. The number of nitrogens with zero attached hydrogens (tertiary/aromatic N) is 1. The van der Waals surface area contributed by atoms with Crippen LogP contribution in [0, 0.1) is 6.92 Å². The van der Waals surface area contributed by atoms with Gasteiger partial charge in [0.25, 0.3) is 0 Å². The van der Waals surface area contributed by atoms with E-state index in [1.165, 1.54) is 6.07 Å². The normalized spacial score (nSPS) is 11.5. The fourth-order valence-corrected chi connectivity index (χ4v) is 1.03. The van der Waals surface area contributed by atoms with Crippen LogP contribution in [-0.2, 0) is 6.61 Å². The van der Waals surface area contributed by atoms with Gasteiger partial charge in [0.05, 0.1) is 6.61 Å². The zero-order chi connectivity index (χ0) is 11.5. The van der Waals surface area contributed by atoms with E-state index in [2.05, 4.69) is 9.72 Å². The summed E-state index contributed by atoms with van der Waals surface area (Å²) in [6.45, 7) is -0.0281. The van der Waals surface area contributed by atoms with Crippen LogP contribution in [0.5, 0.6) is 5.88 Å². The van der Waals surface area contributed by atoms with Gasteiger partial charge in [-0.3, -0.25) is 0 Å². The number of aryl methyl sites for hydroxylation is 1. The minimum Gasteiger partial charge on any atom is -0.468 e. The molecule has 1 rings (SSSR count). The van der Waals surface area contributed by atoms with Crippen molar-refractivity contribution in [2.24, 2.45) is 0 Å². The number of halogens is 3. The number of aromatic nitrogens is 1. The molecule has 0 amide bonds. The molecule has 3 nitrogen and oxygen atoms in total. The highest BCUT2D eigenvalue weighted by atomic mass is 19.4. The molecule has 1 heterocycles. The van der Waals surface area contributed by atoms with Gasteiger partial charge in [0.1, 0.15) is 0 Å². The van der Waals surface area contributed by atoms with E-state index in [1.807, 2.05) is 0 Å². The van der Waals surface area contributed by atoms with Gasteiger partial charge in [-0.1, -0.05) is 0 Å². The van der Waals surface area contributed by atoms with E-state index in [1.54, 1.807) is 13.0 Å². The molecule has 0 aliphatic carbocycles. The number of ether oxygens (including phenoxy) is 1. The van der Waals surface area contributed by atoms with Crippen molar-refractivity contribution in [2.45, 2.75) is 19.7 Å². The molecular weight excluding hydrogens is 211 g/mol. The number of aliphatic hydroxyl groups excluding tert-OH is 1. The highest BCUT2D eigenvalue weighted by molar-refractivity contribution is 5.23. The lowest BCUT2D eigenvalue weighted by molar-refractivity contribution is -0.154. The Morgan fingerprint density at radius 3 is 2.60 bits per heavy atom. The number of pyridine rings is 1. The summed E-state index contributed by atoms with van der Waals surface area (Å²) < 4.78 is 39.9. The minimum absolute atomic E-state index is 0.128. The van der Waals surface area contributed by atoms with Gasteiger partial charge in [-0.15, -0.1) is 0 Å². The molecule has 0 aliphatic heterocycles. The van der Waals surface area contributed by atoms with Crippen LogP contribution < -0.4 is 4.74 Å². The highest BCUT2D eigenvalue weighted by Gasteiger charge is 2.28. The topological polar surface area (TPSA) is 42.4 Å². The van der Waals surface area contributed by atoms with Crippen molar-refractivity contribution < 1.29 is 23.0 Å². The van der Waals surface area contributed by atoms with E-state index in [-0.39, 0.29) is 12.5 Å². The third kappa shape index (κ3) is 4.16. The number of hydrogen-bond acceptors (Lipinski definition) is 3. The van der Waals surface area contributed by atoms with Crippen molar-refractivity contribution >= 4 is 0 Å². The fourth-order valence-electron chi connectivity index (χ4n) is 1.03. The summed E-state index contributed by atoms with van der Waals surface area (Å²) in [7, 11) is 0. The molecule has 0 aromatic carbocycles. The summed E-state index contributed by atoms with van der Waals surface area (Å²) in [6, 6.07) is 2.85. The predicted octanol–water partition coefficient (Wildman–Crippen LogP) is 1.82. The van der Waals surface area contributed by atoms with Gasteiger partial charge in [-0.05, 0) is 18.6 Å². The van der Waals surface area contributed by atoms with Gasteiger partial charge in [0.15, 0.2) is 6.61 Å². The molecule has 0 fully saturated rings. The number of hydrogen-bond donors (Lipinski definition) is 1. The van der Waals surface area contributed by atoms with E-state index < -0.39 is 12.8 Å². The molecule has 0 radical (unpaired) electrons. The van der Waals surface area contributed by atoms with Gasteiger partial charge < -0.3 is 9.84 Å². The molecule has 0 unspecified atom stereocenters. The second-order valence-electron chi connectivity index (χ2n) is 3.02. The Hall–Kier alpha value is -1.30. The average Bonchev–Trinajstić information content (AvgIpc) is 2.13. The molecule has 0 saturated heterocycles. The Balaban J connectivity index is 2.73. The van der Waals surface area contributed by atoms with Gasteiger partial charge in [-0.25, -0.2) is 4.98 Å². The zero-order valence-electron chi connectivity index (χ0n) is 8.01. The van der Waals surface area contributed by atoms with Crippen LogP contribution in [0.3, 0.4) is 0 Å². The van der Waals surface area contributed by atoms with Crippen molar-refractivity contribution in [1.82, 2.24) is 4.98 Å². The monoisotopic (exact) mass is 221 g/mol. The average molecular weight is 221 g/mol. The second kappa shape index (κ2) is 4.48. The molecular formula is C9H10F3NO2. The first kappa shape index (κ1) is 11.8. The Morgan fingerprint density at radius 2 is 2.07 bits per heavy atom. The number of rotatable bonds is 3. The largest absolute Gasteiger partial charge is 0.468 e. The summed E-state index contributed by atoms with van der Waals surface area (Å²) >= 11 is 0. The second-order valence-corrected chi connectivity index (χ2v) is 3.02. The maximum Gasteiger partial charge on any atom is 0.422 e. The van der Waals surface area contributed by atoms with E-state index in [0.29, 0.717) is 11.3 Å². The van der Waals surface area contributed by atoms with Gasteiger partial charge in [-0.2, -0.15) is 13.2 Å². The molecule has 6 heteroatoms. The zero-order valence-corrected chi connectivity index (χ0v) is 8.01. The third-order valence-corrected chi connectivity index (χ3v) is 1.56. The molecule has 0 spiro atoms. The van der Waals surface area contributed by atoms with Crippen LogP contribution >= 0.6 is 0 Å². The van der Waals surface area contributed by atoms with Crippen molar-refractivity contribution in [3.05, 3.63) is 23.4 Å². The summed E-state index contributed by atoms with van der Waals surface area (Å²) in [5.41, 5.74) is 0.971. The Morgan fingerprint density at radius 1 is 1.40 bits per heavy atom. The molecule has 0 atom stereocenters. The van der Waals surface area contributed by atoms with Gasteiger partial charge >= 0.3 is 6.18 Å². The van der Waals surface area contributed by atoms with Crippen LogP contribution in [0.4, 0.5) is 13.2 Å². The summed E-state index contributed by atoms with van der Waals surface area (Å²) in [6.07, 6.45) is -4.38. The van der Waals surface area contributed by atoms with Gasteiger partial charge in [0.2, 0.25) is 5.88 Å². The van der Waals surface area contributed by atoms with Crippen LogP contribution in [0.15, 0.2) is 12.1 Å². The Bertz CT molecular complexity index is 339. The lowest BCUT2D eigenvalue weighted by Gasteiger charge is -2.09. The maximum atomic E-state index is 11.8. The van der Waals surface area contributed by atoms with Crippen LogP contribution in [0.2, 0.25) is 0 Å². The number of aliphatic hydroxyl groups is 1. The van der Waals surface area contributed by atoms with Crippen molar-refractivity contribution in [3.63, 3.8) is 0 Å². The first-order chi connectivity index (χ1) is 6.90. The molecule has 1 N–H and O–H groups in total. The van der Waals surface area contributed by atoms with Crippen molar-refractivity contribution in [3.8, 4) is 5.88 Å². The molecule has 1 aromatic heterocycles. The minimum atomic E-state index is -4.38. The predicted molar refractivity (Wildman–Crippen MR) is 46.4 cm³/mol.